The van der Waals surface area contributed by atoms with Crippen LogP contribution < -0.4 is 0 Å². The third kappa shape index (κ3) is 4.09. The molecule has 0 amide bonds. The molecule has 47 valence electrons. The molecule has 0 N–H and O–H groups in total. The number of rotatable bonds is 4. The summed E-state index contributed by atoms with van der Waals surface area (Å²) in [4.78, 5) is 0. The maximum absolute atomic E-state index is 5.31. The Balaban J connectivity index is 3.03. The van der Waals surface area contributed by atoms with Crippen molar-refractivity contribution < 1.29 is 4.43 Å². The Morgan fingerprint density at radius 3 is 2.75 bits per heavy atom. The van der Waals surface area contributed by atoms with Crippen LogP contribution in [0.2, 0.25) is 12.6 Å². The normalized spacial score (nSPS) is 9.88. The summed E-state index contributed by atoms with van der Waals surface area (Å²) in [6.07, 6.45) is 1.92. The standard InChI is InChI=1S/C6H13OSi/c1-4-6-8(3)7-5-2/h4H,1,5-6H2,2-3H3. The molecule has 0 aliphatic heterocycles. The summed E-state index contributed by atoms with van der Waals surface area (Å²) in [5.74, 6) is 0. The Morgan fingerprint density at radius 2 is 2.38 bits per heavy atom. The van der Waals surface area contributed by atoms with Gasteiger partial charge in [0.2, 0.25) is 9.04 Å². The molecular weight excluding hydrogens is 116 g/mol. The van der Waals surface area contributed by atoms with Gasteiger partial charge in [0, 0.05) is 6.61 Å². The highest BCUT2D eigenvalue weighted by Gasteiger charge is 1.98. The Hall–Kier alpha value is -0.0831. The summed E-state index contributed by atoms with van der Waals surface area (Å²) in [7, 11) is -0.510. The molecule has 2 heteroatoms. The van der Waals surface area contributed by atoms with Crippen LogP contribution >= 0.6 is 0 Å². The van der Waals surface area contributed by atoms with E-state index in [0.717, 1.165) is 12.7 Å². The van der Waals surface area contributed by atoms with Gasteiger partial charge in [0.1, 0.15) is 0 Å². The molecule has 1 radical (unpaired) electrons. The third-order valence-electron chi connectivity index (χ3n) is 0.823. The van der Waals surface area contributed by atoms with Gasteiger partial charge in [-0.25, -0.2) is 0 Å². The van der Waals surface area contributed by atoms with Crippen LogP contribution in [-0.2, 0) is 4.43 Å². The molecule has 0 rings (SSSR count). The van der Waals surface area contributed by atoms with Crippen LogP contribution in [0.4, 0.5) is 0 Å². The fourth-order valence-electron chi connectivity index (χ4n) is 0.509. The molecule has 0 bridgehead atoms. The first-order valence-corrected chi connectivity index (χ1v) is 4.99. The van der Waals surface area contributed by atoms with Crippen molar-refractivity contribution in [1.82, 2.24) is 0 Å². The second-order valence-corrected chi connectivity index (χ2v) is 3.73. The number of allylic oxidation sites excluding steroid dienone is 1. The molecule has 0 aliphatic carbocycles. The maximum atomic E-state index is 5.31. The quantitative estimate of drug-likeness (QED) is 0.415. The zero-order valence-electron chi connectivity index (χ0n) is 5.61. The monoisotopic (exact) mass is 129 g/mol. The predicted octanol–water partition coefficient (Wildman–Crippen LogP) is 1.83. The summed E-state index contributed by atoms with van der Waals surface area (Å²) in [5.41, 5.74) is 0. The summed E-state index contributed by atoms with van der Waals surface area (Å²) >= 11 is 0. The Bertz CT molecular complexity index is 63.5. The van der Waals surface area contributed by atoms with E-state index in [1.807, 2.05) is 13.0 Å². The van der Waals surface area contributed by atoms with Crippen molar-refractivity contribution in [3.63, 3.8) is 0 Å². The lowest BCUT2D eigenvalue weighted by Gasteiger charge is -2.03. The maximum Gasteiger partial charge on any atom is 0.211 e. The summed E-state index contributed by atoms with van der Waals surface area (Å²) < 4.78 is 5.31. The van der Waals surface area contributed by atoms with Crippen molar-refractivity contribution in [1.29, 1.82) is 0 Å². The molecule has 0 atom stereocenters. The topological polar surface area (TPSA) is 9.23 Å². The van der Waals surface area contributed by atoms with Gasteiger partial charge in [0.15, 0.2) is 0 Å². The molecule has 0 spiro atoms. The van der Waals surface area contributed by atoms with Crippen LogP contribution in [0.15, 0.2) is 12.7 Å². The van der Waals surface area contributed by atoms with Crippen LogP contribution in [0.1, 0.15) is 6.92 Å². The van der Waals surface area contributed by atoms with Gasteiger partial charge in [-0.05, 0) is 19.5 Å². The largest absolute Gasteiger partial charge is 0.417 e. The molecule has 0 saturated heterocycles. The minimum absolute atomic E-state index is 0.510. The molecule has 0 saturated carbocycles. The van der Waals surface area contributed by atoms with Gasteiger partial charge in [0.25, 0.3) is 0 Å². The molecule has 0 heterocycles. The molecule has 0 aromatic heterocycles. The van der Waals surface area contributed by atoms with Gasteiger partial charge in [-0.2, -0.15) is 0 Å². The minimum atomic E-state index is -0.510. The lowest BCUT2D eigenvalue weighted by molar-refractivity contribution is 0.348. The van der Waals surface area contributed by atoms with Crippen LogP contribution in [-0.4, -0.2) is 15.6 Å². The van der Waals surface area contributed by atoms with E-state index in [2.05, 4.69) is 13.1 Å². The smallest absolute Gasteiger partial charge is 0.211 e. The van der Waals surface area contributed by atoms with Crippen LogP contribution in [0, 0.1) is 0 Å². The molecular formula is C6H13OSi. The van der Waals surface area contributed by atoms with E-state index in [1.165, 1.54) is 0 Å². The number of hydrogen-bond donors (Lipinski definition) is 0. The van der Waals surface area contributed by atoms with E-state index in [9.17, 15) is 0 Å². The molecule has 1 nitrogen and oxygen atoms in total. The van der Waals surface area contributed by atoms with Crippen molar-refractivity contribution in [2.24, 2.45) is 0 Å². The summed E-state index contributed by atoms with van der Waals surface area (Å²) in [6, 6.07) is 1.05. The van der Waals surface area contributed by atoms with E-state index in [1.54, 1.807) is 0 Å². The van der Waals surface area contributed by atoms with Gasteiger partial charge in [0.05, 0.1) is 0 Å². The summed E-state index contributed by atoms with van der Waals surface area (Å²) in [5, 5.41) is 0. The molecule has 0 aromatic rings. The highest BCUT2D eigenvalue weighted by molar-refractivity contribution is 6.50. The molecule has 0 unspecified atom stereocenters. The predicted molar refractivity (Wildman–Crippen MR) is 38.2 cm³/mol. The second-order valence-electron chi connectivity index (χ2n) is 1.63. The van der Waals surface area contributed by atoms with Crippen LogP contribution in [0.25, 0.3) is 0 Å². The SMILES string of the molecule is C=CC[Si](C)OCC. The summed E-state index contributed by atoms with van der Waals surface area (Å²) in [6.45, 7) is 8.65. The van der Waals surface area contributed by atoms with Crippen molar-refractivity contribution in [3.05, 3.63) is 12.7 Å². The molecule has 0 aliphatic rings. The zero-order chi connectivity index (χ0) is 6.41. The van der Waals surface area contributed by atoms with Crippen molar-refractivity contribution >= 4 is 9.04 Å². The first kappa shape index (κ1) is 7.92. The molecule has 0 aromatic carbocycles. The lowest BCUT2D eigenvalue weighted by Crippen LogP contribution is -2.10. The zero-order valence-corrected chi connectivity index (χ0v) is 6.61. The Labute approximate surface area is 53.1 Å². The van der Waals surface area contributed by atoms with Crippen molar-refractivity contribution in [3.8, 4) is 0 Å². The highest BCUT2D eigenvalue weighted by atomic mass is 28.3. The van der Waals surface area contributed by atoms with Crippen molar-refractivity contribution in [2.75, 3.05) is 6.61 Å². The van der Waals surface area contributed by atoms with Gasteiger partial charge in [-0.3, -0.25) is 0 Å². The Kier molecular flexibility index (Phi) is 5.01. The molecule has 0 fully saturated rings. The van der Waals surface area contributed by atoms with Gasteiger partial charge < -0.3 is 4.43 Å². The van der Waals surface area contributed by atoms with E-state index in [4.69, 9.17) is 4.43 Å². The highest BCUT2D eigenvalue weighted by Crippen LogP contribution is 1.92. The fourth-order valence-corrected chi connectivity index (χ4v) is 1.53. The lowest BCUT2D eigenvalue weighted by atomic mass is 10.8. The van der Waals surface area contributed by atoms with E-state index in [0.29, 0.717) is 0 Å². The van der Waals surface area contributed by atoms with E-state index < -0.39 is 9.04 Å². The van der Waals surface area contributed by atoms with Crippen molar-refractivity contribution in [2.45, 2.75) is 19.5 Å². The average molecular weight is 129 g/mol. The second kappa shape index (κ2) is 5.06. The van der Waals surface area contributed by atoms with Gasteiger partial charge >= 0.3 is 0 Å². The first-order chi connectivity index (χ1) is 3.81. The third-order valence-corrected chi connectivity index (χ3v) is 2.47. The average Bonchev–Trinajstić information content (AvgIpc) is 1.68. The van der Waals surface area contributed by atoms with Crippen LogP contribution in [0.3, 0.4) is 0 Å². The first-order valence-electron chi connectivity index (χ1n) is 2.87. The van der Waals surface area contributed by atoms with Crippen LogP contribution in [0.5, 0.6) is 0 Å². The number of hydrogen-bond acceptors (Lipinski definition) is 1. The van der Waals surface area contributed by atoms with E-state index in [-0.39, 0.29) is 0 Å². The minimum Gasteiger partial charge on any atom is -0.417 e. The van der Waals surface area contributed by atoms with Gasteiger partial charge in [-0.1, -0.05) is 6.08 Å². The Morgan fingerprint density at radius 1 is 1.75 bits per heavy atom. The van der Waals surface area contributed by atoms with Gasteiger partial charge in [-0.15, -0.1) is 6.58 Å². The fraction of sp³-hybridized carbons (Fsp3) is 0.667. The molecule has 8 heavy (non-hydrogen) atoms. The van der Waals surface area contributed by atoms with E-state index >= 15 is 0 Å².